The summed E-state index contributed by atoms with van der Waals surface area (Å²) in [4.78, 5) is 25.3. The van der Waals surface area contributed by atoms with Gasteiger partial charge in [0, 0.05) is 0 Å². The van der Waals surface area contributed by atoms with E-state index in [1.165, 1.54) is 4.90 Å². The first-order chi connectivity index (χ1) is 9.89. The van der Waals surface area contributed by atoms with Crippen LogP contribution in [0.4, 0.5) is 4.79 Å². The average molecular weight is 290 g/mol. The molecular formula is C16H22N2O3. The number of carbonyl (C=O) groups excluding carboxylic acids is 2. The molecule has 114 valence electrons. The molecule has 0 spiro atoms. The maximum atomic E-state index is 12.2. The van der Waals surface area contributed by atoms with Gasteiger partial charge < -0.3 is 10.1 Å². The van der Waals surface area contributed by atoms with Crippen molar-refractivity contribution in [3.63, 3.8) is 0 Å². The lowest BCUT2D eigenvalue weighted by molar-refractivity contribution is -0.131. The van der Waals surface area contributed by atoms with Crippen LogP contribution in [0.25, 0.3) is 0 Å². The van der Waals surface area contributed by atoms with E-state index in [1.54, 1.807) is 6.92 Å². The van der Waals surface area contributed by atoms with E-state index in [2.05, 4.69) is 5.32 Å². The molecule has 1 aliphatic rings. The van der Waals surface area contributed by atoms with Gasteiger partial charge >= 0.3 is 6.03 Å². The number of aryl methyl sites for hydroxylation is 2. The first-order valence-electron chi connectivity index (χ1n) is 7.22. The molecule has 3 amide bonds. The van der Waals surface area contributed by atoms with Gasteiger partial charge in [0.2, 0.25) is 0 Å². The molecule has 0 aromatic heterocycles. The van der Waals surface area contributed by atoms with E-state index in [0.29, 0.717) is 13.0 Å². The summed E-state index contributed by atoms with van der Waals surface area (Å²) in [5.74, 6) is 0.642. The fourth-order valence-corrected chi connectivity index (χ4v) is 2.46. The van der Waals surface area contributed by atoms with E-state index in [4.69, 9.17) is 4.74 Å². The summed E-state index contributed by atoms with van der Waals surface area (Å²) in [6, 6.07) is 5.59. The van der Waals surface area contributed by atoms with E-state index in [0.717, 1.165) is 16.9 Å². The lowest BCUT2D eigenvalue weighted by Gasteiger charge is -2.19. The molecule has 1 unspecified atom stereocenters. The number of rotatable bonds is 5. The van der Waals surface area contributed by atoms with E-state index in [9.17, 15) is 9.59 Å². The van der Waals surface area contributed by atoms with E-state index >= 15 is 0 Å². The monoisotopic (exact) mass is 290 g/mol. The molecule has 1 saturated heterocycles. The number of ether oxygens (including phenoxy) is 1. The number of para-hydroxylation sites is 1. The Labute approximate surface area is 125 Å². The van der Waals surface area contributed by atoms with Gasteiger partial charge in [-0.05, 0) is 38.3 Å². The molecule has 2 rings (SSSR count). The van der Waals surface area contributed by atoms with Crippen LogP contribution in [0.2, 0.25) is 0 Å². The number of carbonyl (C=O) groups is 2. The number of imide groups is 1. The molecule has 0 saturated carbocycles. The first kappa shape index (κ1) is 15.4. The molecular weight excluding hydrogens is 268 g/mol. The summed E-state index contributed by atoms with van der Waals surface area (Å²) in [7, 11) is 0. The third-order valence-electron chi connectivity index (χ3n) is 4.02. The van der Waals surface area contributed by atoms with Crippen molar-refractivity contribution in [1.82, 2.24) is 10.2 Å². The van der Waals surface area contributed by atoms with Crippen molar-refractivity contribution >= 4 is 11.9 Å². The zero-order valence-electron chi connectivity index (χ0n) is 13.0. The van der Waals surface area contributed by atoms with Gasteiger partial charge in [-0.3, -0.25) is 9.69 Å². The Hall–Kier alpha value is -2.04. The van der Waals surface area contributed by atoms with Gasteiger partial charge in [0.15, 0.2) is 0 Å². The summed E-state index contributed by atoms with van der Waals surface area (Å²) >= 11 is 0. The normalized spacial score (nSPS) is 21.6. The molecule has 1 aliphatic heterocycles. The highest BCUT2D eigenvalue weighted by Gasteiger charge is 2.46. The van der Waals surface area contributed by atoms with Gasteiger partial charge in [-0.1, -0.05) is 25.1 Å². The Morgan fingerprint density at radius 2 is 1.86 bits per heavy atom. The quantitative estimate of drug-likeness (QED) is 0.847. The SMILES string of the molecule is CCC1(C)NC(=O)N(CCOc2c(C)cccc2C)C1=O. The minimum Gasteiger partial charge on any atom is -0.491 e. The van der Waals surface area contributed by atoms with Gasteiger partial charge in [-0.2, -0.15) is 0 Å². The number of hydrogen-bond acceptors (Lipinski definition) is 3. The topological polar surface area (TPSA) is 58.6 Å². The maximum Gasteiger partial charge on any atom is 0.325 e. The largest absolute Gasteiger partial charge is 0.491 e. The molecule has 0 bridgehead atoms. The molecule has 21 heavy (non-hydrogen) atoms. The fourth-order valence-electron chi connectivity index (χ4n) is 2.46. The minimum absolute atomic E-state index is 0.180. The lowest BCUT2D eigenvalue weighted by atomic mass is 9.99. The van der Waals surface area contributed by atoms with Gasteiger partial charge in [0.1, 0.15) is 17.9 Å². The van der Waals surface area contributed by atoms with Gasteiger partial charge in [0.25, 0.3) is 5.91 Å². The molecule has 5 nitrogen and oxygen atoms in total. The Bertz CT molecular complexity index is 550. The summed E-state index contributed by atoms with van der Waals surface area (Å²) < 4.78 is 5.75. The smallest absolute Gasteiger partial charge is 0.325 e. The lowest BCUT2D eigenvalue weighted by Crippen LogP contribution is -2.43. The number of nitrogens with one attached hydrogen (secondary N) is 1. The predicted octanol–water partition coefficient (Wildman–Crippen LogP) is 2.40. The fraction of sp³-hybridized carbons (Fsp3) is 0.500. The molecule has 0 radical (unpaired) electrons. The van der Waals surface area contributed by atoms with Crippen LogP contribution in [0.1, 0.15) is 31.4 Å². The standard InChI is InChI=1S/C16H22N2O3/c1-5-16(4)14(19)18(15(20)17-16)9-10-21-13-11(2)7-6-8-12(13)3/h6-8H,5,9-10H2,1-4H3,(H,17,20). The Balaban J connectivity index is 1.98. The number of nitrogens with zero attached hydrogens (tertiary/aromatic N) is 1. The first-order valence-corrected chi connectivity index (χ1v) is 7.22. The summed E-state index contributed by atoms with van der Waals surface area (Å²) in [5.41, 5.74) is 1.31. The molecule has 1 heterocycles. The zero-order chi connectivity index (χ0) is 15.6. The molecule has 0 aliphatic carbocycles. The van der Waals surface area contributed by atoms with Crippen LogP contribution in [0.5, 0.6) is 5.75 Å². The molecule has 1 aromatic carbocycles. The number of amides is 3. The Morgan fingerprint density at radius 1 is 1.24 bits per heavy atom. The van der Waals surface area contributed by atoms with Crippen molar-refractivity contribution < 1.29 is 14.3 Å². The molecule has 5 heteroatoms. The van der Waals surface area contributed by atoms with Crippen LogP contribution >= 0.6 is 0 Å². The van der Waals surface area contributed by atoms with E-state index in [1.807, 2.05) is 39.0 Å². The second-order valence-corrected chi connectivity index (χ2v) is 5.64. The molecule has 1 aromatic rings. The Morgan fingerprint density at radius 3 is 2.38 bits per heavy atom. The van der Waals surface area contributed by atoms with Crippen molar-refractivity contribution in [2.75, 3.05) is 13.2 Å². The molecule has 1 fully saturated rings. The van der Waals surface area contributed by atoms with Crippen LogP contribution < -0.4 is 10.1 Å². The highest BCUT2D eigenvalue weighted by atomic mass is 16.5. The van der Waals surface area contributed by atoms with E-state index in [-0.39, 0.29) is 18.5 Å². The molecule has 1 N–H and O–H groups in total. The van der Waals surface area contributed by atoms with Gasteiger partial charge in [-0.25, -0.2) is 4.79 Å². The summed E-state index contributed by atoms with van der Waals surface area (Å²) in [5, 5.41) is 2.73. The van der Waals surface area contributed by atoms with Crippen molar-refractivity contribution in [3.05, 3.63) is 29.3 Å². The van der Waals surface area contributed by atoms with Crippen LogP contribution in [0.3, 0.4) is 0 Å². The van der Waals surface area contributed by atoms with Crippen LogP contribution in [-0.4, -0.2) is 35.5 Å². The number of urea groups is 1. The summed E-state index contributed by atoms with van der Waals surface area (Å²) in [6.07, 6.45) is 0.575. The highest BCUT2D eigenvalue weighted by Crippen LogP contribution is 2.23. The Kier molecular flexibility index (Phi) is 4.21. The summed E-state index contributed by atoms with van der Waals surface area (Å²) in [6.45, 7) is 8.14. The second kappa shape index (κ2) is 5.76. The van der Waals surface area contributed by atoms with Crippen molar-refractivity contribution in [1.29, 1.82) is 0 Å². The van der Waals surface area contributed by atoms with Crippen molar-refractivity contribution in [2.45, 2.75) is 39.7 Å². The third-order valence-corrected chi connectivity index (χ3v) is 4.02. The number of hydrogen-bond donors (Lipinski definition) is 1. The van der Waals surface area contributed by atoms with E-state index < -0.39 is 5.54 Å². The zero-order valence-corrected chi connectivity index (χ0v) is 13.0. The predicted molar refractivity (Wildman–Crippen MR) is 80.4 cm³/mol. The van der Waals surface area contributed by atoms with Crippen molar-refractivity contribution in [3.8, 4) is 5.75 Å². The van der Waals surface area contributed by atoms with Crippen molar-refractivity contribution in [2.24, 2.45) is 0 Å². The van der Waals surface area contributed by atoms with Gasteiger partial charge in [-0.15, -0.1) is 0 Å². The van der Waals surface area contributed by atoms with Gasteiger partial charge in [0.05, 0.1) is 6.54 Å². The minimum atomic E-state index is -0.782. The molecule has 1 atom stereocenters. The van der Waals surface area contributed by atoms with Crippen LogP contribution in [0, 0.1) is 13.8 Å². The second-order valence-electron chi connectivity index (χ2n) is 5.64. The van der Waals surface area contributed by atoms with Crippen LogP contribution in [0.15, 0.2) is 18.2 Å². The highest BCUT2D eigenvalue weighted by molar-refractivity contribution is 6.06. The maximum absolute atomic E-state index is 12.2. The average Bonchev–Trinajstić information content (AvgIpc) is 2.65. The van der Waals surface area contributed by atoms with Crippen LogP contribution in [-0.2, 0) is 4.79 Å². The number of benzene rings is 1. The third kappa shape index (κ3) is 2.86.